The third-order valence-corrected chi connectivity index (χ3v) is 7.12. The average molecular weight is 470 g/mol. The van der Waals surface area contributed by atoms with E-state index in [4.69, 9.17) is 5.14 Å². The van der Waals surface area contributed by atoms with E-state index in [0.717, 1.165) is 0 Å². The predicted octanol–water partition coefficient (Wildman–Crippen LogP) is 3.19. The molecule has 2 heterocycles. The van der Waals surface area contributed by atoms with Crippen LogP contribution in [0.5, 0.6) is 0 Å². The van der Waals surface area contributed by atoms with E-state index in [2.05, 4.69) is 4.98 Å². The van der Waals surface area contributed by atoms with E-state index in [1.807, 2.05) is 0 Å². The first-order chi connectivity index (χ1) is 15.1. The Labute approximate surface area is 188 Å². The molecule has 8 nitrogen and oxygen atoms in total. The summed E-state index contributed by atoms with van der Waals surface area (Å²) in [7, 11) is -3.92. The largest absolute Gasteiger partial charge is 0.503 e. The number of amides is 1. The lowest BCUT2D eigenvalue weighted by atomic mass is 9.95. The fourth-order valence-electron chi connectivity index (χ4n) is 3.71. The van der Waals surface area contributed by atoms with Crippen molar-refractivity contribution in [1.82, 2.24) is 4.98 Å². The van der Waals surface area contributed by atoms with Gasteiger partial charge in [-0.25, -0.2) is 18.5 Å². The number of hydrogen-bond acceptors (Lipinski definition) is 7. The molecule has 0 aliphatic carbocycles. The van der Waals surface area contributed by atoms with Gasteiger partial charge in [-0.05, 0) is 43.7 Å². The molecule has 10 heteroatoms. The number of carbonyl (C=O) groups is 2. The second kappa shape index (κ2) is 7.97. The van der Waals surface area contributed by atoms with Gasteiger partial charge in [-0.15, -0.1) is 11.3 Å². The first-order valence-corrected chi connectivity index (χ1v) is 11.9. The van der Waals surface area contributed by atoms with Crippen molar-refractivity contribution in [2.24, 2.45) is 5.14 Å². The highest BCUT2D eigenvalue weighted by Crippen LogP contribution is 2.42. The van der Waals surface area contributed by atoms with Gasteiger partial charge in [0, 0.05) is 5.69 Å². The number of aliphatic hydroxyl groups is 1. The number of aliphatic hydroxyl groups excluding tert-OH is 1. The third kappa shape index (κ3) is 3.72. The number of ketones is 1. The number of sulfonamides is 1. The molecule has 1 unspecified atom stereocenters. The van der Waals surface area contributed by atoms with Crippen molar-refractivity contribution >= 4 is 38.7 Å². The summed E-state index contributed by atoms with van der Waals surface area (Å²) >= 11 is 1.20. The predicted molar refractivity (Wildman–Crippen MR) is 120 cm³/mol. The molecule has 3 aromatic rings. The van der Waals surface area contributed by atoms with Crippen LogP contribution in [-0.4, -0.2) is 30.2 Å². The van der Waals surface area contributed by atoms with Crippen LogP contribution in [0.3, 0.4) is 0 Å². The SMILES string of the molecule is Cc1nc(C)c(C(=O)C2=C(O)C(=O)N(c3ccc(S(N)(=O)=O)cc3)C2c2ccccc2)s1. The number of anilines is 1. The van der Waals surface area contributed by atoms with Crippen molar-refractivity contribution in [2.75, 3.05) is 4.90 Å². The van der Waals surface area contributed by atoms with E-state index >= 15 is 0 Å². The van der Waals surface area contributed by atoms with Crippen LogP contribution in [0.25, 0.3) is 0 Å². The van der Waals surface area contributed by atoms with Gasteiger partial charge in [0.2, 0.25) is 15.8 Å². The molecule has 4 rings (SSSR count). The first kappa shape index (κ1) is 21.9. The zero-order valence-corrected chi connectivity index (χ0v) is 18.8. The minimum Gasteiger partial charge on any atom is -0.503 e. The molecule has 164 valence electrons. The van der Waals surface area contributed by atoms with E-state index in [1.165, 1.54) is 40.5 Å². The summed E-state index contributed by atoms with van der Waals surface area (Å²) < 4.78 is 23.2. The number of thiazole rings is 1. The molecule has 0 spiro atoms. The van der Waals surface area contributed by atoms with Gasteiger partial charge < -0.3 is 5.11 Å². The summed E-state index contributed by atoms with van der Waals surface area (Å²) in [5.74, 6) is -1.88. The van der Waals surface area contributed by atoms with Gasteiger partial charge in [0.1, 0.15) is 0 Å². The highest BCUT2D eigenvalue weighted by atomic mass is 32.2. The molecule has 1 atom stereocenters. The van der Waals surface area contributed by atoms with Crippen LogP contribution in [0.2, 0.25) is 0 Å². The number of nitrogens with two attached hydrogens (primary N) is 1. The smallest absolute Gasteiger partial charge is 0.294 e. The highest BCUT2D eigenvalue weighted by molar-refractivity contribution is 7.89. The molecule has 1 aliphatic heterocycles. The number of nitrogens with zero attached hydrogens (tertiary/aromatic N) is 2. The molecular formula is C22H19N3O5S2. The van der Waals surface area contributed by atoms with Gasteiger partial charge in [-0.1, -0.05) is 30.3 Å². The molecule has 1 aliphatic rings. The molecule has 0 radical (unpaired) electrons. The van der Waals surface area contributed by atoms with E-state index in [1.54, 1.807) is 44.2 Å². The van der Waals surface area contributed by atoms with Crippen LogP contribution < -0.4 is 10.0 Å². The standard InChI is InChI=1S/C22H19N3O5S2/c1-12-21(31-13(2)24-12)19(26)17-18(14-6-4-3-5-7-14)25(22(28)20(17)27)15-8-10-16(11-9-15)32(23,29)30/h3-11,18,27H,1-2H3,(H2,23,29,30). The van der Waals surface area contributed by atoms with Gasteiger partial charge in [-0.2, -0.15) is 0 Å². The number of carbonyl (C=O) groups excluding carboxylic acids is 2. The van der Waals surface area contributed by atoms with Gasteiger partial charge in [-0.3, -0.25) is 14.5 Å². The normalized spacial score (nSPS) is 16.7. The van der Waals surface area contributed by atoms with Crippen molar-refractivity contribution in [3.63, 3.8) is 0 Å². The lowest BCUT2D eigenvalue weighted by molar-refractivity contribution is -0.117. The number of aryl methyl sites for hydroxylation is 2. The van der Waals surface area contributed by atoms with Gasteiger partial charge in [0.25, 0.3) is 5.91 Å². The Morgan fingerprint density at radius 3 is 2.25 bits per heavy atom. The third-order valence-electron chi connectivity index (χ3n) is 5.12. The maximum atomic E-state index is 13.5. The Morgan fingerprint density at radius 2 is 1.72 bits per heavy atom. The zero-order chi connectivity index (χ0) is 23.2. The molecule has 0 bridgehead atoms. The molecule has 0 saturated carbocycles. The Bertz CT molecular complexity index is 1360. The van der Waals surface area contributed by atoms with Crippen LogP contribution >= 0.6 is 11.3 Å². The fourth-order valence-corrected chi connectivity index (χ4v) is 5.10. The second-order valence-corrected chi connectivity index (χ2v) is 10.0. The van der Waals surface area contributed by atoms with Crippen molar-refractivity contribution < 1.29 is 23.1 Å². The highest BCUT2D eigenvalue weighted by Gasteiger charge is 2.45. The summed E-state index contributed by atoms with van der Waals surface area (Å²) in [5.41, 5.74) is 1.39. The molecule has 1 aromatic heterocycles. The molecular weight excluding hydrogens is 450 g/mol. The molecule has 3 N–H and O–H groups in total. The Kier molecular flexibility index (Phi) is 5.45. The zero-order valence-electron chi connectivity index (χ0n) is 17.1. The molecule has 0 saturated heterocycles. The summed E-state index contributed by atoms with van der Waals surface area (Å²) in [4.78, 5) is 32.4. The van der Waals surface area contributed by atoms with E-state index in [0.29, 0.717) is 26.8 Å². The maximum absolute atomic E-state index is 13.5. The quantitative estimate of drug-likeness (QED) is 0.552. The van der Waals surface area contributed by atoms with E-state index < -0.39 is 33.5 Å². The Morgan fingerprint density at radius 1 is 1.09 bits per heavy atom. The van der Waals surface area contributed by atoms with Gasteiger partial charge in [0.15, 0.2) is 5.76 Å². The number of rotatable bonds is 5. The molecule has 2 aromatic carbocycles. The Hall–Kier alpha value is -3.34. The minimum absolute atomic E-state index is 0.0523. The van der Waals surface area contributed by atoms with Crippen molar-refractivity contribution in [2.45, 2.75) is 24.8 Å². The second-order valence-electron chi connectivity index (χ2n) is 7.27. The first-order valence-electron chi connectivity index (χ1n) is 9.53. The Balaban J connectivity index is 1.86. The fraction of sp³-hybridized carbons (Fsp3) is 0.136. The van der Waals surface area contributed by atoms with Gasteiger partial charge in [0.05, 0.1) is 32.1 Å². The monoisotopic (exact) mass is 469 g/mol. The van der Waals surface area contributed by atoms with Gasteiger partial charge >= 0.3 is 0 Å². The molecule has 0 fully saturated rings. The van der Waals surface area contributed by atoms with Crippen molar-refractivity contribution in [1.29, 1.82) is 0 Å². The number of hydrogen-bond donors (Lipinski definition) is 2. The lowest BCUT2D eigenvalue weighted by Gasteiger charge is -2.27. The average Bonchev–Trinajstić information content (AvgIpc) is 3.23. The van der Waals surface area contributed by atoms with E-state index in [-0.39, 0.29) is 10.5 Å². The minimum atomic E-state index is -3.92. The molecule has 32 heavy (non-hydrogen) atoms. The number of Topliss-reactive ketones (excluding diaryl/α,β-unsaturated/α-hetero) is 1. The summed E-state index contributed by atoms with van der Waals surface area (Å²) in [6.45, 7) is 3.48. The van der Waals surface area contributed by atoms with Crippen LogP contribution in [0.4, 0.5) is 5.69 Å². The van der Waals surface area contributed by atoms with Crippen LogP contribution in [0.1, 0.15) is 32.0 Å². The summed E-state index contributed by atoms with van der Waals surface area (Å²) in [6.07, 6.45) is 0. The maximum Gasteiger partial charge on any atom is 0.294 e. The van der Waals surface area contributed by atoms with Crippen LogP contribution in [-0.2, 0) is 14.8 Å². The number of benzene rings is 2. The topological polar surface area (TPSA) is 131 Å². The summed E-state index contributed by atoms with van der Waals surface area (Å²) in [6, 6.07) is 13.3. The van der Waals surface area contributed by atoms with Crippen LogP contribution in [0, 0.1) is 13.8 Å². The number of aromatic nitrogens is 1. The van der Waals surface area contributed by atoms with Crippen LogP contribution in [0.15, 0.2) is 70.8 Å². The van der Waals surface area contributed by atoms with Crippen molar-refractivity contribution in [3.8, 4) is 0 Å². The number of primary sulfonamides is 1. The lowest BCUT2D eigenvalue weighted by Crippen LogP contribution is -2.31. The van der Waals surface area contributed by atoms with E-state index in [9.17, 15) is 23.1 Å². The molecule has 1 amide bonds. The summed E-state index contributed by atoms with van der Waals surface area (Å²) in [5, 5.41) is 16.6. The van der Waals surface area contributed by atoms with Crippen molar-refractivity contribution in [3.05, 3.63) is 87.1 Å².